The third-order valence-corrected chi connectivity index (χ3v) is 5.00. The summed E-state index contributed by atoms with van der Waals surface area (Å²) >= 11 is 0. The maximum absolute atomic E-state index is 4.74. The van der Waals surface area contributed by atoms with Crippen molar-refractivity contribution in [1.29, 1.82) is 0 Å². The molecule has 5 heteroatoms. The molecule has 1 heterocycles. The van der Waals surface area contributed by atoms with Gasteiger partial charge >= 0.3 is 0 Å². The van der Waals surface area contributed by atoms with Gasteiger partial charge in [0.2, 0.25) is 0 Å². The first kappa shape index (κ1) is 20.2. The smallest absolute Gasteiger partial charge is 0.191 e. The zero-order chi connectivity index (χ0) is 17.3. The summed E-state index contributed by atoms with van der Waals surface area (Å²) in [5.74, 6) is 1.85. The van der Waals surface area contributed by atoms with Gasteiger partial charge in [0.25, 0.3) is 0 Å². The van der Waals surface area contributed by atoms with Gasteiger partial charge in [-0.05, 0) is 79.7 Å². The van der Waals surface area contributed by atoms with Crippen LogP contribution in [0.4, 0.5) is 0 Å². The Kier molecular flexibility index (Phi) is 8.92. The van der Waals surface area contributed by atoms with E-state index >= 15 is 0 Å². The Morgan fingerprint density at radius 2 is 1.87 bits per heavy atom. The van der Waals surface area contributed by atoms with Crippen LogP contribution in [0.2, 0.25) is 0 Å². The highest BCUT2D eigenvalue weighted by atomic mass is 15.2. The largest absolute Gasteiger partial charge is 0.357 e. The molecule has 0 saturated carbocycles. The summed E-state index contributed by atoms with van der Waals surface area (Å²) in [6.45, 7) is 15.3. The molecule has 0 aromatic carbocycles. The van der Waals surface area contributed by atoms with Gasteiger partial charge in [0.05, 0.1) is 6.54 Å². The molecule has 1 saturated heterocycles. The van der Waals surface area contributed by atoms with Gasteiger partial charge in [-0.15, -0.1) is 0 Å². The summed E-state index contributed by atoms with van der Waals surface area (Å²) in [7, 11) is 4.21. The summed E-state index contributed by atoms with van der Waals surface area (Å²) in [6, 6.07) is 0. The van der Waals surface area contributed by atoms with Crippen molar-refractivity contribution in [2.24, 2.45) is 10.9 Å². The number of aliphatic imine (C=N–C) groups is 1. The molecule has 1 fully saturated rings. The zero-order valence-electron chi connectivity index (χ0n) is 16.3. The predicted molar refractivity (Wildman–Crippen MR) is 101 cm³/mol. The van der Waals surface area contributed by atoms with Gasteiger partial charge in [-0.2, -0.15) is 0 Å². The summed E-state index contributed by atoms with van der Waals surface area (Å²) in [6.07, 6.45) is 3.89. The lowest BCUT2D eigenvalue weighted by Gasteiger charge is -2.31. The van der Waals surface area contributed by atoms with Crippen LogP contribution in [-0.2, 0) is 0 Å². The Labute approximate surface area is 143 Å². The molecule has 0 unspecified atom stereocenters. The first-order chi connectivity index (χ1) is 10.8. The van der Waals surface area contributed by atoms with Crippen molar-refractivity contribution in [2.75, 3.05) is 53.4 Å². The van der Waals surface area contributed by atoms with Gasteiger partial charge in [0, 0.05) is 18.6 Å². The normalized spacial score (nSPS) is 18.5. The van der Waals surface area contributed by atoms with Crippen LogP contribution in [-0.4, -0.2) is 74.7 Å². The zero-order valence-corrected chi connectivity index (χ0v) is 16.3. The molecule has 2 N–H and O–H groups in total. The minimum absolute atomic E-state index is 0.0762. The lowest BCUT2D eigenvalue weighted by Crippen LogP contribution is -2.44. The van der Waals surface area contributed by atoms with Gasteiger partial charge in [0.15, 0.2) is 5.96 Å². The van der Waals surface area contributed by atoms with Crippen LogP contribution in [0.5, 0.6) is 0 Å². The van der Waals surface area contributed by atoms with Gasteiger partial charge < -0.3 is 20.4 Å². The van der Waals surface area contributed by atoms with Crippen LogP contribution in [0.1, 0.15) is 47.0 Å². The molecule has 0 amide bonds. The van der Waals surface area contributed by atoms with E-state index in [2.05, 4.69) is 62.2 Å². The number of guanidine groups is 1. The number of likely N-dealkylation sites (tertiary alicyclic amines) is 1. The van der Waals surface area contributed by atoms with Crippen molar-refractivity contribution in [3.05, 3.63) is 0 Å². The molecule has 0 aliphatic carbocycles. The molecule has 136 valence electrons. The third kappa shape index (κ3) is 8.02. The Bertz CT molecular complexity index is 343. The lowest BCUT2D eigenvalue weighted by atomic mass is 9.99. The van der Waals surface area contributed by atoms with Crippen molar-refractivity contribution in [3.8, 4) is 0 Å². The Hall–Kier alpha value is -0.810. The molecule has 5 nitrogen and oxygen atoms in total. The quantitative estimate of drug-likeness (QED) is 0.407. The number of likely N-dealkylation sites (N-methyl/N-ethyl adjacent to an activating group) is 1. The van der Waals surface area contributed by atoms with E-state index in [1.807, 2.05) is 0 Å². The molecular weight excluding hydrogens is 286 g/mol. The fraction of sp³-hybridized carbons (Fsp3) is 0.944. The number of hydrogen-bond acceptors (Lipinski definition) is 3. The van der Waals surface area contributed by atoms with Gasteiger partial charge in [0.1, 0.15) is 0 Å². The van der Waals surface area contributed by atoms with Crippen molar-refractivity contribution >= 4 is 5.96 Å². The first-order valence-electron chi connectivity index (χ1n) is 9.27. The molecule has 1 rings (SSSR count). The Balaban J connectivity index is 2.30. The van der Waals surface area contributed by atoms with Crippen molar-refractivity contribution < 1.29 is 0 Å². The third-order valence-electron chi connectivity index (χ3n) is 5.00. The molecule has 23 heavy (non-hydrogen) atoms. The van der Waals surface area contributed by atoms with Crippen molar-refractivity contribution in [2.45, 2.75) is 52.5 Å². The fourth-order valence-corrected chi connectivity index (χ4v) is 2.55. The second kappa shape index (κ2) is 10.1. The highest BCUT2D eigenvalue weighted by Gasteiger charge is 2.20. The standard InChI is InChI=1S/C18H39N5/c1-7-19-17(21-15-18(3,4)22(5)6)20-11-8-12-23-13-9-16(2)10-14-23/h16H,7-15H2,1-6H3,(H2,19,20,21). The molecule has 1 aliphatic rings. The monoisotopic (exact) mass is 325 g/mol. The molecular formula is C18H39N5. The average Bonchev–Trinajstić information content (AvgIpc) is 2.50. The highest BCUT2D eigenvalue weighted by Crippen LogP contribution is 2.15. The van der Waals surface area contributed by atoms with Crippen LogP contribution in [0.15, 0.2) is 4.99 Å². The van der Waals surface area contributed by atoms with Gasteiger partial charge in [-0.25, -0.2) is 0 Å². The Morgan fingerprint density at radius 3 is 2.43 bits per heavy atom. The second-order valence-electron chi connectivity index (χ2n) is 7.71. The van der Waals surface area contributed by atoms with Gasteiger partial charge in [-0.3, -0.25) is 4.99 Å². The summed E-state index contributed by atoms with van der Waals surface area (Å²) < 4.78 is 0. The second-order valence-corrected chi connectivity index (χ2v) is 7.71. The highest BCUT2D eigenvalue weighted by molar-refractivity contribution is 5.79. The van der Waals surface area contributed by atoms with Crippen LogP contribution in [0.25, 0.3) is 0 Å². The number of piperidine rings is 1. The molecule has 0 bridgehead atoms. The molecule has 0 atom stereocenters. The molecule has 0 spiro atoms. The van der Waals surface area contributed by atoms with E-state index in [1.165, 1.54) is 38.9 Å². The Morgan fingerprint density at radius 1 is 1.22 bits per heavy atom. The average molecular weight is 326 g/mol. The fourth-order valence-electron chi connectivity index (χ4n) is 2.55. The minimum atomic E-state index is 0.0762. The predicted octanol–water partition coefficient (Wildman–Crippen LogP) is 2.00. The summed E-state index contributed by atoms with van der Waals surface area (Å²) in [5, 5.41) is 6.82. The number of hydrogen-bond donors (Lipinski definition) is 2. The minimum Gasteiger partial charge on any atom is -0.357 e. The lowest BCUT2D eigenvalue weighted by molar-refractivity contribution is 0.191. The molecule has 0 aromatic rings. The van der Waals surface area contributed by atoms with E-state index in [0.29, 0.717) is 0 Å². The topological polar surface area (TPSA) is 42.9 Å². The first-order valence-corrected chi connectivity index (χ1v) is 9.27. The summed E-state index contributed by atoms with van der Waals surface area (Å²) in [5.41, 5.74) is 0.0762. The number of rotatable bonds is 8. The SMILES string of the molecule is CCNC(=NCC(C)(C)N(C)C)NCCCN1CCC(C)CC1. The van der Waals surface area contributed by atoms with E-state index < -0.39 is 0 Å². The van der Waals surface area contributed by atoms with E-state index in [1.54, 1.807) is 0 Å². The van der Waals surface area contributed by atoms with Crippen LogP contribution < -0.4 is 10.6 Å². The van der Waals surface area contributed by atoms with Crippen LogP contribution in [0.3, 0.4) is 0 Å². The van der Waals surface area contributed by atoms with Crippen molar-refractivity contribution in [1.82, 2.24) is 20.4 Å². The molecule has 0 aromatic heterocycles. The molecule has 0 radical (unpaired) electrons. The van der Waals surface area contributed by atoms with Crippen LogP contribution in [0, 0.1) is 5.92 Å². The number of nitrogens with zero attached hydrogens (tertiary/aromatic N) is 3. The molecule has 1 aliphatic heterocycles. The van der Waals surface area contributed by atoms with E-state index in [-0.39, 0.29) is 5.54 Å². The van der Waals surface area contributed by atoms with E-state index in [4.69, 9.17) is 4.99 Å². The maximum atomic E-state index is 4.74. The maximum Gasteiger partial charge on any atom is 0.191 e. The van der Waals surface area contributed by atoms with E-state index in [9.17, 15) is 0 Å². The summed E-state index contributed by atoms with van der Waals surface area (Å²) in [4.78, 5) is 9.56. The van der Waals surface area contributed by atoms with Gasteiger partial charge in [-0.1, -0.05) is 6.92 Å². The number of nitrogens with one attached hydrogen (secondary N) is 2. The van der Waals surface area contributed by atoms with E-state index in [0.717, 1.165) is 31.5 Å². The van der Waals surface area contributed by atoms with Crippen molar-refractivity contribution in [3.63, 3.8) is 0 Å². The van der Waals surface area contributed by atoms with Crippen LogP contribution >= 0.6 is 0 Å².